The van der Waals surface area contributed by atoms with Crippen LogP contribution in [0.1, 0.15) is 46.0 Å². The lowest BCUT2D eigenvalue weighted by Gasteiger charge is -2.44. The second-order valence-corrected chi connectivity index (χ2v) is 11.2. The molecular formula is C13H24FN2O3PS2. The monoisotopic (exact) mass is 370 g/mol. The first-order valence-electron chi connectivity index (χ1n) is 7.54. The molecule has 9 heteroatoms. The van der Waals surface area contributed by atoms with Crippen molar-refractivity contribution in [1.82, 2.24) is 8.38 Å². The van der Waals surface area contributed by atoms with E-state index < -0.39 is 12.8 Å². The maximum Gasteiger partial charge on any atom is 0.410 e. The Balaban J connectivity index is 2.15. The number of rotatable bonds is 4. The maximum atomic E-state index is 13.0. The predicted molar refractivity (Wildman–Crippen MR) is 90.5 cm³/mol. The van der Waals surface area contributed by atoms with E-state index in [1.807, 2.05) is 4.08 Å². The Hall–Kier alpha value is 0.280. The third-order valence-corrected chi connectivity index (χ3v) is 8.73. The van der Waals surface area contributed by atoms with Crippen LogP contribution in [0.15, 0.2) is 0 Å². The van der Waals surface area contributed by atoms with Gasteiger partial charge in [-0.25, -0.2) is 9.10 Å². The fourth-order valence-corrected chi connectivity index (χ4v) is 7.05. The van der Waals surface area contributed by atoms with Crippen LogP contribution in [0.25, 0.3) is 0 Å². The summed E-state index contributed by atoms with van der Waals surface area (Å²) in [6, 6.07) is 0.160. The van der Waals surface area contributed by atoms with E-state index >= 15 is 0 Å². The molecule has 0 unspecified atom stereocenters. The molecule has 0 atom stereocenters. The minimum atomic E-state index is -2.70. The minimum absolute atomic E-state index is 0.0764. The van der Waals surface area contributed by atoms with Gasteiger partial charge in [-0.2, -0.15) is 4.08 Å². The van der Waals surface area contributed by atoms with E-state index in [2.05, 4.69) is 13.8 Å². The first-order chi connectivity index (χ1) is 10.2. The van der Waals surface area contributed by atoms with Crippen molar-refractivity contribution in [3.05, 3.63) is 0 Å². The van der Waals surface area contributed by atoms with Crippen LogP contribution >= 0.6 is 18.8 Å². The normalized spacial score (nSPS) is 25.1. The number of nitrogens with zero attached hydrogens (tertiary/aromatic N) is 2. The van der Waals surface area contributed by atoms with E-state index in [-0.39, 0.29) is 11.5 Å². The quantitative estimate of drug-likeness (QED) is 0.314. The van der Waals surface area contributed by atoms with Gasteiger partial charge in [-0.05, 0) is 24.6 Å². The van der Waals surface area contributed by atoms with Crippen molar-refractivity contribution < 1.29 is 18.2 Å². The van der Waals surface area contributed by atoms with E-state index in [4.69, 9.17) is 20.9 Å². The van der Waals surface area contributed by atoms with Crippen molar-refractivity contribution in [1.29, 1.82) is 0 Å². The number of hydrogen-bond donors (Lipinski definition) is 0. The van der Waals surface area contributed by atoms with Gasteiger partial charge in [0.1, 0.15) is 0 Å². The number of amides is 1. The molecule has 0 aromatic heterocycles. The molecule has 0 aromatic rings. The molecule has 1 saturated heterocycles. The summed E-state index contributed by atoms with van der Waals surface area (Å²) in [5.74, 6) is 0. The minimum Gasteiger partial charge on any atom is -0.317 e. The predicted octanol–water partition coefficient (Wildman–Crippen LogP) is 4.50. The van der Waals surface area contributed by atoms with Gasteiger partial charge in [-0.1, -0.05) is 33.1 Å². The Morgan fingerprint density at radius 3 is 2.32 bits per heavy atom. The molecule has 0 spiro atoms. The molecule has 2 fully saturated rings. The summed E-state index contributed by atoms with van der Waals surface area (Å²) < 4.78 is 27.6. The number of carbonyl (C=O) groups is 1. The van der Waals surface area contributed by atoms with E-state index in [9.17, 15) is 9.18 Å². The van der Waals surface area contributed by atoms with Crippen LogP contribution in [0.3, 0.4) is 0 Å². The highest BCUT2D eigenvalue weighted by Crippen LogP contribution is 2.62. The van der Waals surface area contributed by atoms with Gasteiger partial charge in [0.2, 0.25) is 0 Å². The molecule has 22 heavy (non-hydrogen) atoms. The average Bonchev–Trinajstić information content (AvgIpc) is 2.48. The van der Waals surface area contributed by atoms with E-state index in [0.717, 1.165) is 42.1 Å². The van der Waals surface area contributed by atoms with Crippen molar-refractivity contribution in [2.45, 2.75) is 52.0 Å². The fourth-order valence-electron chi connectivity index (χ4n) is 2.48. The standard InChI is InChI=1S/C13H24FN2O3PS2/c1-13(2)9-18-20(21,19-10-13)16(22-15(3)12(14)17)11-7-5-4-6-8-11/h11H,4-10H2,1-3H3. The zero-order valence-electron chi connectivity index (χ0n) is 13.3. The highest BCUT2D eigenvalue weighted by molar-refractivity contribution is 8.15. The van der Waals surface area contributed by atoms with Gasteiger partial charge in [-0.15, -0.1) is 4.39 Å². The topological polar surface area (TPSA) is 42.0 Å². The zero-order chi connectivity index (χ0) is 16.4. The van der Waals surface area contributed by atoms with Crippen LogP contribution < -0.4 is 0 Å². The van der Waals surface area contributed by atoms with Crippen LogP contribution in [0.5, 0.6) is 0 Å². The molecular weight excluding hydrogens is 346 g/mol. The van der Waals surface area contributed by atoms with Crippen LogP contribution in [-0.2, 0) is 20.9 Å². The molecule has 0 bridgehead atoms. The lowest BCUT2D eigenvalue weighted by molar-refractivity contribution is 0.0466. The van der Waals surface area contributed by atoms with Gasteiger partial charge in [0, 0.05) is 18.5 Å². The summed E-state index contributed by atoms with van der Waals surface area (Å²) in [4.78, 5) is 11.0. The Morgan fingerprint density at radius 2 is 1.82 bits per heavy atom. The molecule has 0 radical (unpaired) electrons. The summed E-state index contributed by atoms with van der Waals surface area (Å²) in [5, 5.41) is 0. The molecule has 1 saturated carbocycles. The number of hydrogen-bond acceptors (Lipinski definition) is 5. The lowest BCUT2D eigenvalue weighted by Crippen LogP contribution is -2.38. The first kappa shape index (κ1) is 18.6. The second-order valence-electron chi connectivity index (χ2n) is 6.61. The summed E-state index contributed by atoms with van der Waals surface area (Å²) in [6.45, 7) is 2.45. The molecule has 0 aromatic carbocycles. The average molecular weight is 370 g/mol. The Bertz CT molecular complexity index is 447. The molecule has 1 heterocycles. The maximum absolute atomic E-state index is 13.0. The van der Waals surface area contributed by atoms with Crippen LogP contribution in [0, 0.1) is 5.41 Å². The molecule has 1 aliphatic heterocycles. The van der Waals surface area contributed by atoms with Gasteiger partial charge in [-0.3, -0.25) is 0 Å². The highest BCUT2D eigenvalue weighted by atomic mass is 32.5. The summed E-state index contributed by atoms with van der Waals surface area (Å²) in [7, 11) is 1.40. The van der Waals surface area contributed by atoms with Gasteiger partial charge >= 0.3 is 6.16 Å². The third kappa shape index (κ3) is 4.65. The Kier molecular flexibility index (Phi) is 6.30. The van der Waals surface area contributed by atoms with Crippen LogP contribution in [0.2, 0.25) is 0 Å². The Morgan fingerprint density at radius 1 is 1.27 bits per heavy atom. The lowest BCUT2D eigenvalue weighted by atomic mass is 9.96. The molecule has 1 amide bonds. The second kappa shape index (κ2) is 7.45. The molecule has 0 N–H and O–H groups in total. The van der Waals surface area contributed by atoms with Crippen molar-refractivity contribution in [3.63, 3.8) is 0 Å². The van der Waals surface area contributed by atoms with Crippen molar-refractivity contribution in [2.75, 3.05) is 20.3 Å². The van der Waals surface area contributed by atoms with E-state index in [1.54, 1.807) is 0 Å². The van der Waals surface area contributed by atoms with E-state index in [0.29, 0.717) is 13.2 Å². The van der Waals surface area contributed by atoms with Crippen molar-refractivity contribution in [3.8, 4) is 0 Å². The zero-order valence-corrected chi connectivity index (χ0v) is 15.8. The molecule has 2 rings (SSSR count). The van der Waals surface area contributed by atoms with E-state index in [1.165, 1.54) is 13.5 Å². The summed E-state index contributed by atoms with van der Waals surface area (Å²) in [5.41, 5.74) is -0.0764. The largest absolute Gasteiger partial charge is 0.410 e. The summed E-state index contributed by atoms with van der Waals surface area (Å²) >= 11 is 6.68. The van der Waals surface area contributed by atoms with Gasteiger partial charge in [0.25, 0.3) is 6.64 Å². The van der Waals surface area contributed by atoms with Crippen molar-refractivity contribution in [2.24, 2.45) is 5.41 Å². The smallest absolute Gasteiger partial charge is 0.317 e. The SMILES string of the molecule is CN(SN(C1CCCCC1)P1(=S)OCC(C)(C)CO1)C(=O)F. The van der Waals surface area contributed by atoms with Gasteiger partial charge < -0.3 is 9.05 Å². The first-order valence-corrected chi connectivity index (χ1v) is 10.9. The number of carbonyl (C=O) groups excluding carboxylic acids is 1. The molecule has 1 aliphatic carbocycles. The molecule has 2 aliphatic rings. The Labute approximate surface area is 141 Å². The fraction of sp³-hybridized carbons (Fsp3) is 0.923. The van der Waals surface area contributed by atoms with Crippen LogP contribution in [0.4, 0.5) is 9.18 Å². The van der Waals surface area contributed by atoms with Gasteiger partial charge in [0.05, 0.1) is 25.3 Å². The third-order valence-electron chi connectivity index (χ3n) is 3.82. The van der Waals surface area contributed by atoms with Gasteiger partial charge in [0.15, 0.2) is 0 Å². The molecule has 128 valence electrons. The number of halogens is 1. The highest BCUT2D eigenvalue weighted by Gasteiger charge is 2.42. The molecule has 5 nitrogen and oxygen atoms in total. The van der Waals surface area contributed by atoms with Crippen molar-refractivity contribution >= 4 is 36.7 Å². The summed E-state index contributed by atoms with van der Waals surface area (Å²) in [6.07, 6.45) is 3.85. The van der Waals surface area contributed by atoms with Crippen LogP contribution in [-0.4, -0.2) is 40.8 Å².